The minimum atomic E-state index is -4.92. The van der Waals surface area contributed by atoms with Gasteiger partial charge >= 0.3 is 6.18 Å². The number of carbonyl (C=O) groups excluding carboxylic acids is 1. The first-order valence-electron chi connectivity index (χ1n) is 8.82. The van der Waals surface area contributed by atoms with E-state index >= 15 is 0 Å². The zero-order chi connectivity index (χ0) is 21.2. The number of amides is 1. The lowest BCUT2D eigenvalue weighted by molar-refractivity contribution is -0.176. The van der Waals surface area contributed by atoms with Crippen LogP contribution in [0.25, 0.3) is 0 Å². The number of benzene rings is 2. The van der Waals surface area contributed by atoms with Crippen molar-refractivity contribution in [1.29, 1.82) is 0 Å². The maximum absolute atomic E-state index is 13.5. The van der Waals surface area contributed by atoms with Gasteiger partial charge in [-0.2, -0.15) is 13.2 Å². The maximum Gasteiger partial charge on any atom is 0.396 e. The summed E-state index contributed by atoms with van der Waals surface area (Å²) in [5, 5.41) is 9.96. The van der Waals surface area contributed by atoms with Crippen LogP contribution >= 0.6 is 0 Å². The Morgan fingerprint density at radius 1 is 1.14 bits per heavy atom. The van der Waals surface area contributed by atoms with Crippen LogP contribution in [0, 0.1) is 11.6 Å². The standard InChI is InChI=1S/C20H18F5NO3/c21-14-7-13(8-15(22)9-14)17(20(23,24)25)10-18(27)26-16(11-29-19(26)28)6-12-4-2-1-3-5-12/h1-5,7-9,16-17,19,28H,6,10-11H2/t16-,17-,19?/m0/s1. The Balaban J connectivity index is 1.82. The molecule has 156 valence electrons. The second kappa shape index (κ2) is 8.46. The summed E-state index contributed by atoms with van der Waals surface area (Å²) in [6.45, 7) is -0.0485. The highest BCUT2D eigenvalue weighted by Crippen LogP contribution is 2.39. The molecule has 29 heavy (non-hydrogen) atoms. The molecule has 1 heterocycles. The number of nitrogens with zero attached hydrogens (tertiary/aromatic N) is 1. The monoisotopic (exact) mass is 415 g/mol. The van der Waals surface area contributed by atoms with Gasteiger partial charge in [0.05, 0.1) is 18.6 Å². The number of hydrogen-bond donors (Lipinski definition) is 1. The van der Waals surface area contributed by atoms with Crippen LogP contribution in [0.1, 0.15) is 23.5 Å². The molecule has 1 fully saturated rings. The van der Waals surface area contributed by atoms with Gasteiger partial charge in [-0.1, -0.05) is 30.3 Å². The first-order valence-corrected chi connectivity index (χ1v) is 8.82. The van der Waals surface area contributed by atoms with Crippen LogP contribution in [-0.2, 0) is 16.0 Å². The summed E-state index contributed by atoms with van der Waals surface area (Å²) < 4.78 is 72.5. The molecule has 0 aromatic heterocycles. The lowest BCUT2D eigenvalue weighted by Gasteiger charge is -2.28. The van der Waals surface area contributed by atoms with Gasteiger partial charge in [0.1, 0.15) is 11.6 Å². The van der Waals surface area contributed by atoms with E-state index in [0.29, 0.717) is 18.2 Å². The highest BCUT2D eigenvalue weighted by molar-refractivity contribution is 5.78. The Hall–Kier alpha value is -2.52. The molecular formula is C20H18F5NO3. The van der Waals surface area contributed by atoms with Gasteiger partial charge in [-0.3, -0.25) is 9.69 Å². The van der Waals surface area contributed by atoms with Crippen molar-refractivity contribution in [3.8, 4) is 0 Å². The molecule has 0 spiro atoms. The minimum absolute atomic E-state index is 0.0485. The van der Waals surface area contributed by atoms with E-state index < -0.39 is 54.1 Å². The molecule has 2 aromatic rings. The van der Waals surface area contributed by atoms with Gasteiger partial charge in [0.15, 0.2) is 0 Å². The van der Waals surface area contributed by atoms with Gasteiger partial charge in [-0.15, -0.1) is 0 Å². The van der Waals surface area contributed by atoms with E-state index in [1.807, 2.05) is 0 Å². The zero-order valence-corrected chi connectivity index (χ0v) is 15.1. The third kappa shape index (κ3) is 5.10. The smallest absolute Gasteiger partial charge is 0.351 e. The number of halogens is 5. The molecule has 4 nitrogen and oxygen atoms in total. The van der Waals surface area contributed by atoms with Crippen LogP contribution in [0.3, 0.4) is 0 Å². The zero-order valence-electron chi connectivity index (χ0n) is 15.1. The number of aliphatic hydroxyl groups is 1. The van der Waals surface area contributed by atoms with Crippen molar-refractivity contribution >= 4 is 5.91 Å². The Morgan fingerprint density at radius 3 is 2.34 bits per heavy atom. The molecule has 1 N–H and O–H groups in total. The summed E-state index contributed by atoms with van der Waals surface area (Å²) in [6.07, 6.45) is -7.45. The molecule has 3 rings (SSSR count). The van der Waals surface area contributed by atoms with Gasteiger partial charge in [0, 0.05) is 12.5 Å². The predicted molar refractivity (Wildman–Crippen MR) is 92.5 cm³/mol. The lowest BCUT2D eigenvalue weighted by atomic mass is 9.93. The Morgan fingerprint density at radius 2 is 1.76 bits per heavy atom. The molecule has 0 aliphatic carbocycles. The van der Waals surface area contributed by atoms with Crippen molar-refractivity contribution in [2.24, 2.45) is 0 Å². The normalized spacial score (nSPS) is 20.7. The SMILES string of the molecule is O=C(C[C@@H](c1cc(F)cc(F)c1)C(F)(F)F)N1C(O)OC[C@@H]1Cc1ccccc1. The quantitative estimate of drug-likeness (QED) is 0.757. The van der Waals surface area contributed by atoms with Crippen LogP contribution in [0.4, 0.5) is 22.0 Å². The Kier molecular flexibility index (Phi) is 6.18. The maximum atomic E-state index is 13.5. The fourth-order valence-electron chi connectivity index (χ4n) is 3.39. The van der Waals surface area contributed by atoms with Gasteiger partial charge in [-0.05, 0) is 29.7 Å². The fraction of sp³-hybridized carbons (Fsp3) is 0.350. The van der Waals surface area contributed by atoms with Crippen LogP contribution < -0.4 is 0 Å². The number of aliphatic hydroxyl groups excluding tert-OH is 1. The largest absolute Gasteiger partial charge is 0.396 e. The van der Waals surface area contributed by atoms with E-state index in [0.717, 1.165) is 10.5 Å². The van der Waals surface area contributed by atoms with Crippen molar-refractivity contribution in [2.45, 2.75) is 37.4 Å². The van der Waals surface area contributed by atoms with Crippen LogP contribution in [0.15, 0.2) is 48.5 Å². The Labute approximate surface area is 163 Å². The average molecular weight is 415 g/mol. The van der Waals surface area contributed by atoms with E-state index in [1.54, 1.807) is 30.3 Å². The third-order valence-corrected chi connectivity index (χ3v) is 4.73. The molecule has 2 aromatic carbocycles. The van der Waals surface area contributed by atoms with Gasteiger partial charge in [-0.25, -0.2) is 8.78 Å². The van der Waals surface area contributed by atoms with Crippen molar-refractivity contribution in [2.75, 3.05) is 6.61 Å². The number of alkyl halides is 3. The molecule has 1 unspecified atom stereocenters. The van der Waals surface area contributed by atoms with Gasteiger partial charge < -0.3 is 9.84 Å². The first-order chi connectivity index (χ1) is 13.6. The van der Waals surface area contributed by atoms with E-state index in [1.165, 1.54) is 0 Å². The Bertz CT molecular complexity index is 839. The molecule has 0 saturated carbocycles. The summed E-state index contributed by atoms with van der Waals surface area (Å²) in [5.41, 5.74) is 0.116. The van der Waals surface area contributed by atoms with Crippen LogP contribution in [-0.4, -0.2) is 41.2 Å². The molecule has 3 atom stereocenters. The molecular weight excluding hydrogens is 397 g/mol. The molecule has 1 saturated heterocycles. The molecule has 9 heteroatoms. The summed E-state index contributed by atoms with van der Waals surface area (Å²) in [6, 6.07) is 9.77. The highest BCUT2D eigenvalue weighted by atomic mass is 19.4. The summed E-state index contributed by atoms with van der Waals surface area (Å²) in [4.78, 5) is 13.5. The number of rotatable bonds is 5. The number of ether oxygens (including phenoxy) is 1. The van der Waals surface area contributed by atoms with Crippen molar-refractivity contribution in [1.82, 2.24) is 4.90 Å². The molecule has 0 bridgehead atoms. The third-order valence-electron chi connectivity index (χ3n) is 4.73. The van der Waals surface area contributed by atoms with Crippen molar-refractivity contribution < 1.29 is 36.6 Å². The van der Waals surface area contributed by atoms with E-state index in [9.17, 15) is 31.9 Å². The summed E-state index contributed by atoms with van der Waals surface area (Å²) >= 11 is 0. The van der Waals surface area contributed by atoms with Gasteiger partial charge in [0.2, 0.25) is 12.3 Å². The second-order valence-corrected chi connectivity index (χ2v) is 6.81. The topological polar surface area (TPSA) is 49.8 Å². The molecule has 1 aliphatic heterocycles. The van der Waals surface area contributed by atoms with Crippen LogP contribution in [0.2, 0.25) is 0 Å². The second-order valence-electron chi connectivity index (χ2n) is 6.81. The lowest BCUT2D eigenvalue weighted by Crippen LogP contribution is -2.44. The number of carbonyl (C=O) groups is 1. The summed E-state index contributed by atoms with van der Waals surface area (Å²) in [5.74, 6) is -5.80. The van der Waals surface area contributed by atoms with Crippen molar-refractivity contribution in [3.05, 3.63) is 71.3 Å². The molecule has 0 radical (unpaired) electrons. The minimum Gasteiger partial charge on any atom is -0.351 e. The van der Waals surface area contributed by atoms with Crippen molar-refractivity contribution in [3.63, 3.8) is 0 Å². The van der Waals surface area contributed by atoms with Gasteiger partial charge in [0.25, 0.3) is 0 Å². The van der Waals surface area contributed by atoms with Crippen LogP contribution in [0.5, 0.6) is 0 Å². The highest BCUT2D eigenvalue weighted by Gasteiger charge is 2.45. The molecule has 1 aliphatic rings. The average Bonchev–Trinajstić information content (AvgIpc) is 2.99. The predicted octanol–water partition coefficient (Wildman–Crippen LogP) is 3.75. The van der Waals surface area contributed by atoms with E-state index in [4.69, 9.17) is 4.74 Å². The summed E-state index contributed by atoms with van der Waals surface area (Å²) in [7, 11) is 0. The fourth-order valence-corrected chi connectivity index (χ4v) is 3.39. The molecule has 1 amide bonds. The van der Waals surface area contributed by atoms with E-state index in [-0.39, 0.29) is 13.0 Å². The van der Waals surface area contributed by atoms with E-state index in [2.05, 4.69) is 0 Å². The first kappa shape index (κ1) is 21.2. The number of hydrogen-bond acceptors (Lipinski definition) is 3.